The first-order chi connectivity index (χ1) is 18.0. The molecule has 1 heterocycles. The van der Waals surface area contributed by atoms with Crippen LogP contribution in [0, 0.1) is 10.1 Å². The van der Waals surface area contributed by atoms with Crippen LogP contribution in [0.5, 0.6) is 5.75 Å². The Labute approximate surface area is 222 Å². The highest BCUT2D eigenvalue weighted by Gasteiger charge is 2.56. The van der Waals surface area contributed by atoms with Crippen LogP contribution in [0.4, 0.5) is 5.69 Å². The molecule has 214 valence electrons. The van der Waals surface area contributed by atoms with E-state index in [0.29, 0.717) is 0 Å². The fourth-order valence-electron chi connectivity index (χ4n) is 3.52. The number of carbonyl (C=O) groups is 5. The minimum atomic E-state index is -1.84. The maximum atomic E-state index is 12.9. The Kier molecular flexibility index (Phi) is 9.93. The predicted octanol–water partition coefficient (Wildman–Crippen LogP) is 1.62. The minimum Gasteiger partial charge on any atom is -0.467 e. The van der Waals surface area contributed by atoms with Gasteiger partial charge in [-0.2, -0.15) is 0 Å². The van der Waals surface area contributed by atoms with Crippen molar-refractivity contribution in [3.63, 3.8) is 0 Å². The molecule has 15 nitrogen and oxygen atoms in total. The molecule has 0 radical (unpaired) electrons. The number of non-ortho nitro benzene ring substituents is 1. The van der Waals surface area contributed by atoms with Crippen LogP contribution in [-0.4, -0.2) is 78.2 Å². The Morgan fingerprint density at radius 2 is 1.44 bits per heavy atom. The van der Waals surface area contributed by atoms with Crippen LogP contribution in [0.1, 0.15) is 51.9 Å². The zero-order valence-electron chi connectivity index (χ0n) is 22.3. The van der Waals surface area contributed by atoms with Gasteiger partial charge in [-0.1, -0.05) is 0 Å². The second-order valence-electron chi connectivity index (χ2n) is 9.23. The third-order valence-corrected chi connectivity index (χ3v) is 4.87. The van der Waals surface area contributed by atoms with E-state index < -0.39 is 82.5 Å². The van der Waals surface area contributed by atoms with Crippen LogP contribution >= 0.6 is 0 Å². The van der Waals surface area contributed by atoms with Crippen LogP contribution in [0.15, 0.2) is 18.2 Å². The number of nitrogens with zero attached hydrogens (tertiary/aromatic N) is 1. The van der Waals surface area contributed by atoms with Crippen molar-refractivity contribution in [3.05, 3.63) is 33.9 Å². The molecule has 1 aromatic carbocycles. The highest BCUT2D eigenvalue weighted by molar-refractivity contribution is 5.93. The number of methoxy groups -OCH3 is 1. The quantitative estimate of drug-likeness (QED) is 0.194. The Bertz CT molecular complexity index is 1140. The molecule has 1 aromatic rings. The number of hydrogen-bond donors (Lipinski definition) is 0. The third-order valence-electron chi connectivity index (χ3n) is 4.87. The van der Waals surface area contributed by atoms with Crippen molar-refractivity contribution in [1.29, 1.82) is 0 Å². The fourth-order valence-corrected chi connectivity index (χ4v) is 3.52. The summed E-state index contributed by atoms with van der Waals surface area (Å²) in [4.78, 5) is 71.9. The smallest absolute Gasteiger partial charge is 0.342 e. The number of carbonyl (C=O) groups excluding carboxylic acids is 5. The van der Waals surface area contributed by atoms with Gasteiger partial charge in [0.1, 0.15) is 16.9 Å². The van der Waals surface area contributed by atoms with E-state index in [4.69, 9.17) is 33.2 Å². The molecule has 0 bridgehead atoms. The van der Waals surface area contributed by atoms with Crippen molar-refractivity contribution < 1.29 is 62.1 Å². The SMILES string of the molecule is COC(=O)[C@H]1OC(Oc2cc([N+](=O)[O-])ccc2C(=O)OC(C)(C)C)[C@H](OC(C)=O)[C@@H](OC(C)=O)[C@@H]1OC(C)=O. The lowest BCUT2D eigenvalue weighted by Gasteiger charge is -2.43. The molecular weight excluding hydrogens is 526 g/mol. The lowest BCUT2D eigenvalue weighted by Crippen LogP contribution is -2.64. The first-order valence-corrected chi connectivity index (χ1v) is 11.5. The summed E-state index contributed by atoms with van der Waals surface area (Å²) in [6.45, 7) is 7.82. The number of ether oxygens (including phenoxy) is 7. The van der Waals surface area contributed by atoms with Gasteiger partial charge in [0.15, 0.2) is 18.3 Å². The molecule has 15 heteroatoms. The largest absolute Gasteiger partial charge is 0.467 e. The number of esters is 5. The van der Waals surface area contributed by atoms with Gasteiger partial charge in [-0.3, -0.25) is 24.5 Å². The molecule has 1 fully saturated rings. The van der Waals surface area contributed by atoms with Gasteiger partial charge in [-0.15, -0.1) is 0 Å². The van der Waals surface area contributed by atoms with Crippen molar-refractivity contribution in [1.82, 2.24) is 0 Å². The fraction of sp³-hybridized carbons (Fsp3) is 0.542. The van der Waals surface area contributed by atoms with Gasteiger partial charge in [0, 0.05) is 26.8 Å². The molecule has 1 aliphatic heterocycles. The average molecular weight is 555 g/mol. The number of hydrogen-bond acceptors (Lipinski definition) is 14. The van der Waals surface area contributed by atoms with E-state index in [1.165, 1.54) is 0 Å². The van der Waals surface area contributed by atoms with Crippen LogP contribution in [0.25, 0.3) is 0 Å². The molecule has 2 rings (SSSR count). The Hall–Kier alpha value is -4.27. The standard InChI is InChI=1S/C24H29NO14/c1-11(26)34-17-18(35-12(2)27)20(36-13(3)28)23(38-19(17)22(30)33-7)37-16-10-14(25(31)32)8-9-15(16)21(29)39-24(4,5)6/h8-10,17-20,23H,1-7H3/t17-,18-,19-,20+,23?/m0/s1. The molecule has 1 saturated heterocycles. The molecule has 0 aliphatic carbocycles. The van der Waals surface area contributed by atoms with Crippen molar-refractivity contribution in [3.8, 4) is 5.75 Å². The van der Waals surface area contributed by atoms with Gasteiger partial charge in [0.2, 0.25) is 12.4 Å². The van der Waals surface area contributed by atoms with Gasteiger partial charge < -0.3 is 33.2 Å². The molecule has 1 aliphatic rings. The van der Waals surface area contributed by atoms with Gasteiger partial charge >= 0.3 is 29.8 Å². The summed E-state index contributed by atoms with van der Waals surface area (Å²) < 4.78 is 37.2. The van der Waals surface area contributed by atoms with Crippen molar-refractivity contribution in [2.24, 2.45) is 0 Å². The van der Waals surface area contributed by atoms with Crippen LogP contribution < -0.4 is 4.74 Å². The van der Waals surface area contributed by atoms with E-state index in [2.05, 4.69) is 0 Å². The minimum absolute atomic E-state index is 0.276. The number of nitro benzene ring substituents is 1. The van der Waals surface area contributed by atoms with Crippen molar-refractivity contribution in [2.45, 2.75) is 77.8 Å². The Morgan fingerprint density at radius 3 is 1.92 bits per heavy atom. The highest BCUT2D eigenvalue weighted by atomic mass is 16.7. The summed E-state index contributed by atoms with van der Waals surface area (Å²) in [7, 11) is 1.01. The molecule has 0 aromatic heterocycles. The molecule has 0 saturated carbocycles. The van der Waals surface area contributed by atoms with E-state index in [1.54, 1.807) is 20.8 Å². The van der Waals surface area contributed by atoms with Crippen molar-refractivity contribution in [2.75, 3.05) is 7.11 Å². The number of rotatable bonds is 8. The normalized spacial score (nSPS) is 22.6. The lowest BCUT2D eigenvalue weighted by atomic mass is 9.97. The van der Waals surface area contributed by atoms with Gasteiger partial charge in [-0.25, -0.2) is 9.59 Å². The van der Waals surface area contributed by atoms with Gasteiger partial charge in [-0.05, 0) is 26.8 Å². The summed E-state index contributed by atoms with van der Waals surface area (Å²) in [5.74, 6) is -5.19. The third kappa shape index (κ3) is 8.36. The summed E-state index contributed by atoms with van der Waals surface area (Å²) in [6.07, 6.45) is -8.62. The van der Waals surface area contributed by atoms with E-state index >= 15 is 0 Å². The van der Waals surface area contributed by atoms with Gasteiger partial charge in [0.25, 0.3) is 5.69 Å². The molecule has 1 unspecified atom stereocenters. The summed E-state index contributed by atoms with van der Waals surface area (Å²) in [6, 6.07) is 3.00. The van der Waals surface area contributed by atoms with E-state index in [1.807, 2.05) is 0 Å². The second-order valence-corrected chi connectivity index (χ2v) is 9.23. The second kappa shape index (κ2) is 12.5. The average Bonchev–Trinajstić information content (AvgIpc) is 2.79. The van der Waals surface area contributed by atoms with Crippen LogP contribution in [0.2, 0.25) is 0 Å². The molecule has 0 spiro atoms. The van der Waals surface area contributed by atoms with E-state index in [0.717, 1.165) is 46.1 Å². The molecule has 0 amide bonds. The predicted molar refractivity (Wildman–Crippen MR) is 126 cm³/mol. The number of nitro groups is 1. The Morgan fingerprint density at radius 1 is 0.897 bits per heavy atom. The molecular formula is C24H29NO14. The zero-order chi connectivity index (χ0) is 29.7. The first kappa shape index (κ1) is 31.0. The summed E-state index contributed by atoms with van der Waals surface area (Å²) in [5.41, 5.74) is -1.72. The lowest BCUT2D eigenvalue weighted by molar-refractivity contribution is -0.385. The van der Waals surface area contributed by atoms with Gasteiger partial charge in [0.05, 0.1) is 18.1 Å². The zero-order valence-corrected chi connectivity index (χ0v) is 22.3. The van der Waals surface area contributed by atoms with Crippen LogP contribution in [0.3, 0.4) is 0 Å². The summed E-state index contributed by atoms with van der Waals surface area (Å²) >= 11 is 0. The highest BCUT2D eigenvalue weighted by Crippen LogP contribution is 2.34. The van der Waals surface area contributed by atoms with E-state index in [9.17, 15) is 34.1 Å². The Balaban J connectivity index is 2.68. The van der Waals surface area contributed by atoms with E-state index in [-0.39, 0.29) is 5.56 Å². The maximum Gasteiger partial charge on any atom is 0.342 e. The number of benzene rings is 1. The first-order valence-electron chi connectivity index (χ1n) is 11.5. The van der Waals surface area contributed by atoms with Crippen LogP contribution in [-0.2, 0) is 47.6 Å². The van der Waals surface area contributed by atoms with Crippen molar-refractivity contribution >= 4 is 35.5 Å². The summed E-state index contributed by atoms with van der Waals surface area (Å²) in [5, 5.41) is 11.4. The molecule has 39 heavy (non-hydrogen) atoms. The topological polar surface area (TPSA) is 193 Å². The molecule has 5 atom stereocenters. The maximum absolute atomic E-state index is 12.9. The monoisotopic (exact) mass is 555 g/mol. The molecule has 0 N–H and O–H groups in total.